The van der Waals surface area contributed by atoms with E-state index in [0.29, 0.717) is 17.2 Å². The van der Waals surface area contributed by atoms with Crippen LogP contribution >= 0.6 is 27.7 Å². The number of anilines is 1. The average Bonchev–Trinajstić information content (AvgIpc) is 2.59. The first-order valence-electron chi connectivity index (χ1n) is 7.97. The fourth-order valence-electron chi connectivity index (χ4n) is 2.16. The van der Waals surface area contributed by atoms with Gasteiger partial charge < -0.3 is 5.32 Å². The summed E-state index contributed by atoms with van der Waals surface area (Å²) >= 11 is 4.96. The molecule has 0 aliphatic carbocycles. The van der Waals surface area contributed by atoms with Crippen molar-refractivity contribution in [1.82, 2.24) is 5.43 Å². The third-order valence-electron chi connectivity index (χ3n) is 3.34. The molecule has 2 aromatic rings. The van der Waals surface area contributed by atoms with Gasteiger partial charge in [0.2, 0.25) is 11.8 Å². The van der Waals surface area contributed by atoms with E-state index in [-0.39, 0.29) is 11.8 Å². The zero-order chi connectivity index (χ0) is 18.9. The Morgan fingerprint density at radius 1 is 1.12 bits per heavy atom. The quantitative estimate of drug-likeness (QED) is 0.508. The normalized spacial score (nSPS) is 11.1. The summed E-state index contributed by atoms with van der Waals surface area (Å²) in [5.74, 6) is 0.804. The van der Waals surface area contributed by atoms with Crippen LogP contribution in [0.25, 0.3) is 0 Å². The van der Waals surface area contributed by atoms with Crippen molar-refractivity contribution < 1.29 is 9.59 Å². The minimum absolute atomic E-state index is 0.132. The van der Waals surface area contributed by atoms with Gasteiger partial charge in [-0.05, 0) is 42.3 Å². The monoisotopic (exact) mass is 433 g/mol. The van der Waals surface area contributed by atoms with Crippen molar-refractivity contribution in [2.24, 2.45) is 5.10 Å². The molecule has 26 heavy (non-hydrogen) atoms. The van der Waals surface area contributed by atoms with Crippen molar-refractivity contribution in [3.8, 4) is 0 Å². The van der Waals surface area contributed by atoms with Crippen molar-refractivity contribution in [2.45, 2.75) is 19.6 Å². The van der Waals surface area contributed by atoms with Crippen molar-refractivity contribution in [3.05, 3.63) is 64.1 Å². The van der Waals surface area contributed by atoms with Gasteiger partial charge in [-0.25, -0.2) is 5.43 Å². The number of carbonyl (C=O) groups excluding carboxylic acids is 2. The molecular weight excluding hydrogens is 414 g/mol. The van der Waals surface area contributed by atoms with Gasteiger partial charge in [-0.2, -0.15) is 5.10 Å². The fraction of sp³-hybridized carbons (Fsp3) is 0.211. The summed E-state index contributed by atoms with van der Waals surface area (Å²) in [7, 11) is 0. The Labute approximate surface area is 165 Å². The maximum absolute atomic E-state index is 11.9. The fourth-order valence-corrected chi connectivity index (χ4v) is 3.37. The van der Waals surface area contributed by atoms with Gasteiger partial charge in [0.05, 0.1) is 11.5 Å². The Kier molecular flexibility index (Phi) is 7.87. The standard InChI is InChI=1S/C19H20BrN3O2S/c1-13(16-6-4-8-18(10-16)21-14(2)24)22-23-19(25)12-26-11-15-5-3-7-17(20)9-15/h3-10H,11-12H2,1-2H3,(H,21,24)(H,23,25)/b22-13-. The van der Waals surface area contributed by atoms with Crippen LogP contribution in [-0.2, 0) is 15.3 Å². The van der Waals surface area contributed by atoms with Crippen LogP contribution in [0.3, 0.4) is 0 Å². The van der Waals surface area contributed by atoms with Gasteiger partial charge in [0, 0.05) is 22.8 Å². The van der Waals surface area contributed by atoms with Gasteiger partial charge >= 0.3 is 0 Å². The predicted octanol–water partition coefficient (Wildman–Crippen LogP) is 4.18. The lowest BCUT2D eigenvalue weighted by molar-refractivity contribution is -0.118. The largest absolute Gasteiger partial charge is 0.326 e. The molecule has 2 rings (SSSR count). The average molecular weight is 434 g/mol. The molecule has 0 atom stereocenters. The number of hydrogen-bond donors (Lipinski definition) is 2. The summed E-state index contributed by atoms with van der Waals surface area (Å²) in [6.07, 6.45) is 0. The molecule has 0 spiro atoms. The van der Waals surface area contributed by atoms with Crippen molar-refractivity contribution in [2.75, 3.05) is 11.1 Å². The van der Waals surface area contributed by atoms with Crippen LogP contribution in [0.2, 0.25) is 0 Å². The molecule has 136 valence electrons. The number of halogens is 1. The molecule has 0 unspecified atom stereocenters. The molecule has 0 fully saturated rings. The Morgan fingerprint density at radius 3 is 2.62 bits per heavy atom. The van der Waals surface area contributed by atoms with E-state index >= 15 is 0 Å². The number of thioether (sulfide) groups is 1. The number of hydrogen-bond acceptors (Lipinski definition) is 4. The number of rotatable bonds is 7. The molecule has 0 bridgehead atoms. The predicted molar refractivity (Wildman–Crippen MR) is 111 cm³/mol. The highest BCUT2D eigenvalue weighted by Gasteiger charge is 2.04. The molecule has 0 radical (unpaired) electrons. The first-order valence-corrected chi connectivity index (χ1v) is 9.92. The lowest BCUT2D eigenvalue weighted by Gasteiger charge is -2.06. The van der Waals surface area contributed by atoms with E-state index in [0.717, 1.165) is 21.4 Å². The van der Waals surface area contributed by atoms with Gasteiger partial charge in [0.15, 0.2) is 0 Å². The van der Waals surface area contributed by atoms with Crippen molar-refractivity contribution in [1.29, 1.82) is 0 Å². The summed E-state index contributed by atoms with van der Waals surface area (Å²) in [4.78, 5) is 23.1. The van der Waals surface area contributed by atoms with E-state index in [1.54, 1.807) is 6.07 Å². The molecule has 7 heteroatoms. The van der Waals surface area contributed by atoms with E-state index < -0.39 is 0 Å². The van der Waals surface area contributed by atoms with Crippen molar-refractivity contribution >= 4 is 50.9 Å². The van der Waals surface area contributed by atoms with Crippen LogP contribution in [0.5, 0.6) is 0 Å². The first-order chi connectivity index (χ1) is 12.4. The molecule has 0 heterocycles. The van der Waals surface area contributed by atoms with Crippen molar-refractivity contribution in [3.63, 3.8) is 0 Å². The Hall–Kier alpha value is -2.12. The number of benzene rings is 2. The number of amides is 2. The summed E-state index contributed by atoms with van der Waals surface area (Å²) in [6.45, 7) is 3.27. The van der Waals surface area contributed by atoms with Crippen LogP contribution in [0.1, 0.15) is 25.0 Å². The highest BCUT2D eigenvalue weighted by Crippen LogP contribution is 2.17. The number of nitrogens with zero attached hydrogens (tertiary/aromatic N) is 1. The number of carbonyl (C=O) groups is 2. The highest BCUT2D eigenvalue weighted by atomic mass is 79.9. The maximum atomic E-state index is 11.9. The second kappa shape index (κ2) is 10.1. The number of hydrazone groups is 1. The van der Waals surface area contributed by atoms with E-state index in [1.807, 2.05) is 49.4 Å². The Balaban J connectivity index is 1.84. The van der Waals surface area contributed by atoms with Crippen LogP contribution in [0, 0.1) is 0 Å². The second-order valence-corrected chi connectivity index (χ2v) is 7.52. The molecule has 2 amide bonds. The van der Waals surface area contributed by atoms with E-state index in [2.05, 4.69) is 31.8 Å². The summed E-state index contributed by atoms with van der Waals surface area (Å²) in [5, 5.41) is 6.86. The minimum atomic E-state index is -0.151. The highest BCUT2D eigenvalue weighted by molar-refractivity contribution is 9.10. The van der Waals surface area contributed by atoms with Crippen LogP contribution in [-0.4, -0.2) is 23.3 Å². The van der Waals surface area contributed by atoms with Gasteiger partial charge in [-0.3, -0.25) is 9.59 Å². The maximum Gasteiger partial charge on any atom is 0.250 e. The topological polar surface area (TPSA) is 70.6 Å². The molecule has 0 saturated heterocycles. The molecule has 0 aliphatic heterocycles. The van der Waals surface area contributed by atoms with Crippen LogP contribution < -0.4 is 10.7 Å². The molecule has 2 aromatic carbocycles. The third kappa shape index (κ3) is 7.01. The second-order valence-electron chi connectivity index (χ2n) is 5.62. The zero-order valence-electron chi connectivity index (χ0n) is 14.6. The number of nitrogens with one attached hydrogen (secondary N) is 2. The molecule has 0 aliphatic rings. The van der Waals surface area contributed by atoms with Gasteiger partial charge in [0.25, 0.3) is 0 Å². The minimum Gasteiger partial charge on any atom is -0.326 e. The smallest absolute Gasteiger partial charge is 0.250 e. The molecule has 5 nitrogen and oxygen atoms in total. The zero-order valence-corrected chi connectivity index (χ0v) is 17.0. The molecule has 0 aromatic heterocycles. The van der Waals surface area contributed by atoms with Gasteiger partial charge in [-0.1, -0.05) is 40.2 Å². The lowest BCUT2D eigenvalue weighted by atomic mass is 10.1. The van der Waals surface area contributed by atoms with E-state index in [1.165, 1.54) is 18.7 Å². The van der Waals surface area contributed by atoms with Crippen LogP contribution in [0.4, 0.5) is 5.69 Å². The van der Waals surface area contributed by atoms with E-state index in [9.17, 15) is 9.59 Å². The van der Waals surface area contributed by atoms with Crippen LogP contribution in [0.15, 0.2) is 58.1 Å². The SMILES string of the molecule is CC(=O)Nc1cccc(/C(C)=N\NC(=O)CSCc2cccc(Br)c2)c1. The summed E-state index contributed by atoms with van der Waals surface area (Å²) in [5.41, 5.74) is 5.93. The van der Waals surface area contributed by atoms with Gasteiger partial charge in [-0.15, -0.1) is 11.8 Å². The summed E-state index contributed by atoms with van der Waals surface area (Å²) < 4.78 is 1.03. The lowest BCUT2D eigenvalue weighted by Crippen LogP contribution is -2.21. The molecular formula is C19H20BrN3O2S. The third-order valence-corrected chi connectivity index (χ3v) is 4.84. The molecule has 0 saturated carbocycles. The summed E-state index contributed by atoms with van der Waals surface area (Å²) in [6, 6.07) is 15.3. The Bertz CT molecular complexity index is 824. The molecule has 2 N–H and O–H groups in total. The first kappa shape index (κ1) is 20.2. The van der Waals surface area contributed by atoms with Gasteiger partial charge in [0.1, 0.15) is 0 Å². The van der Waals surface area contributed by atoms with E-state index in [4.69, 9.17) is 0 Å². The Morgan fingerprint density at radius 2 is 1.88 bits per heavy atom.